The maximum atomic E-state index is 5.99. The first-order chi connectivity index (χ1) is 7.65. The van der Waals surface area contributed by atoms with Gasteiger partial charge in [0.1, 0.15) is 5.15 Å². The van der Waals surface area contributed by atoms with E-state index in [4.69, 9.17) is 11.6 Å². The van der Waals surface area contributed by atoms with E-state index in [1.54, 1.807) is 0 Å². The van der Waals surface area contributed by atoms with E-state index in [-0.39, 0.29) is 0 Å². The molecule has 0 fully saturated rings. The smallest absolute Gasteiger partial charge is 0.224 e. The molecular weight excluding hydrogens is 222 g/mol. The van der Waals surface area contributed by atoms with Crippen molar-refractivity contribution in [2.45, 2.75) is 46.5 Å². The second-order valence-electron chi connectivity index (χ2n) is 4.04. The lowest BCUT2D eigenvalue weighted by molar-refractivity contribution is 0.683. The van der Waals surface area contributed by atoms with Gasteiger partial charge >= 0.3 is 0 Å². The number of anilines is 1. The fourth-order valence-electron chi connectivity index (χ4n) is 1.42. The first-order valence-electron chi connectivity index (χ1n) is 5.89. The Morgan fingerprint density at radius 2 is 1.88 bits per heavy atom. The van der Waals surface area contributed by atoms with Crippen LogP contribution in [0.1, 0.15) is 43.9 Å². The molecule has 0 radical (unpaired) electrons. The lowest BCUT2D eigenvalue weighted by Gasteiger charge is -2.07. The largest absolute Gasteiger partial charge is 0.354 e. The van der Waals surface area contributed by atoms with Gasteiger partial charge in [-0.2, -0.15) is 0 Å². The van der Waals surface area contributed by atoms with E-state index in [2.05, 4.69) is 22.2 Å². The number of aryl methyl sites for hydroxylation is 1. The Labute approximate surface area is 103 Å². The highest BCUT2D eigenvalue weighted by Crippen LogP contribution is 2.16. The highest BCUT2D eigenvalue weighted by atomic mass is 35.5. The van der Waals surface area contributed by atoms with E-state index in [9.17, 15) is 0 Å². The van der Waals surface area contributed by atoms with Crippen molar-refractivity contribution in [3.05, 3.63) is 16.4 Å². The Bertz CT molecular complexity index is 316. The van der Waals surface area contributed by atoms with E-state index in [1.807, 2.05) is 13.8 Å². The molecule has 0 aliphatic heterocycles. The van der Waals surface area contributed by atoms with Gasteiger partial charge in [0.15, 0.2) is 0 Å². The molecule has 4 heteroatoms. The molecular formula is C12H20ClN3. The molecule has 0 atom stereocenters. The maximum absolute atomic E-state index is 5.99. The SMILES string of the molecule is CCCCCCNc1nc(C)c(C)c(Cl)n1. The van der Waals surface area contributed by atoms with E-state index in [0.29, 0.717) is 11.1 Å². The van der Waals surface area contributed by atoms with Crippen molar-refractivity contribution in [1.29, 1.82) is 0 Å². The highest BCUT2D eigenvalue weighted by Gasteiger charge is 2.04. The van der Waals surface area contributed by atoms with Crippen LogP contribution in [0.15, 0.2) is 0 Å². The summed E-state index contributed by atoms with van der Waals surface area (Å²) in [6.45, 7) is 7.01. The molecule has 0 saturated heterocycles. The third kappa shape index (κ3) is 3.97. The van der Waals surface area contributed by atoms with Crippen LogP contribution in [-0.4, -0.2) is 16.5 Å². The number of rotatable bonds is 6. The summed E-state index contributed by atoms with van der Waals surface area (Å²) in [5.41, 5.74) is 1.90. The Morgan fingerprint density at radius 3 is 2.50 bits per heavy atom. The summed E-state index contributed by atoms with van der Waals surface area (Å²) >= 11 is 5.99. The van der Waals surface area contributed by atoms with Crippen LogP contribution in [0.2, 0.25) is 5.15 Å². The van der Waals surface area contributed by atoms with E-state index in [1.165, 1.54) is 19.3 Å². The average molecular weight is 242 g/mol. The number of halogens is 1. The zero-order chi connectivity index (χ0) is 12.0. The molecule has 90 valence electrons. The first-order valence-corrected chi connectivity index (χ1v) is 6.27. The third-order valence-electron chi connectivity index (χ3n) is 2.64. The second kappa shape index (κ2) is 6.69. The second-order valence-corrected chi connectivity index (χ2v) is 4.39. The summed E-state index contributed by atoms with van der Waals surface area (Å²) in [7, 11) is 0. The molecule has 1 aromatic heterocycles. The van der Waals surface area contributed by atoms with Gasteiger partial charge in [0, 0.05) is 17.8 Å². The normalized spacial score (nSPS) is 10.5. The topological polar surface area (TPSA) is 37.8 Å². The summed E-state index contributed by atoms with van der Waals surface area (Å²) < 4.78 is 0. The summed E-state index contributed by atoms with van der Waals surface area (Å²) in [6.07, 6.45) is 4.95. The molecule has 1 heterocycles. The minimum Gasteiger partial charge on any atom is -0.354 e. The lowest BCUT2D eigenvalue weighted by Crippen LogP contribution is -2.07. The Balaban J connectivity index is 2.43. The van der Waals surface area contributed by atoms with Crippen LogP contribution < -0.4 is 5.32 Å². The summed E-state index contributed by atoms with van der Waals surface area (Å²) in [5.74, 6) is 0.643. The predicted molar refractivity (Wildman–Crippen MR) is 69.1 cm³/mol. The molecule has 0 bridgehead atoms. The van der Waals surface area contributed by atoms with Gasteiger partial charge in [0.25, 0.3) is 0 Å². The number of nitrogens with one attached hydrogen (secondary N) is 1. The van der Waals surface area contributed by atoms with Crippen molar-refractivity contribution >= 4 is 17.5 Å². The monoisotopic (exact) mass is 241 g/mol. The molecule has 1 aromatic rings. The molecule has 1 N–H and O–H groups in total. The Kier molecular flexibility index (Phi) is 5.53. The lowest BCUT2D eigenvalue weighted by atomic mass is 10.2. The van der Waals surface area contributed by atoms with E-state index < -0.39 is 0 Å². The molecule has 3 nitrogen and oxygen atoms in total. The van der Waals surface area contributed by atoms with Crippen LogP contribution in [0.5, 0.6) is 0 Å². The van der Waals surface area contributed by atoms with Crippen molar-refractivity contribution in [2.24, 2.45) is 0 Å². The van der Waals surface area contributed by atoms with E-state index in [0.717, 1.165) is 24.2 Å². The molecule has 16 heavy (non-hydrogen) atoms. The zero-order valence-electron chi connectivity index (χ0n) is 10.3. The average Bonchev–Trinajstić information content (AvgIpc) is 2.25. The van der Waals surface area contributed by atoms with Crippen LogP contribution in [0, 0.1) is 13.8 Å². The van der Waals surface area contributed by atoms with Gasteiger partial charge in [-0.05, 0) is 20.3 Å². The number of hydrogen-bond acceptors (Lipinski definition) is 3. The van der Waals surface area contributed by atoms with Gasteiger partial charge in [0.2, 0.25) is 5.95 Å². The molecule has 0 aromatic carbocycles. The van der Waals surface area contributed by atoms with E-state index >= 15 is 0 Å². The molecule has 0 aliphatic carbocycles. The summed E-state index contributed by atoms with van der Waals surface area (Å²) in [4.78, 5) is 8.54. The van der Waals surface area contributed by atoms with Crippen molar-refractivity contribution in [2.75, 3.05) is 11.9 Å². The van der Waals surface area contributed by atoms with Crippen molar-refractivity contribution < 1.29 is 0 Å². The zero-order valence-corrected chi connectivity index (χ0v) is 11.1. The number of nitrogens with zero attached hydrogens (tertiary/aromatic N) is 2. The minimum absolute atomic E-state index is 0.545. The standard InChI is InChI=1S/C12H20ClN3/c1-4-5-6-7-8-14-12-15-10(3)9(2)11(13)16-12/h4-8H2,1-3H3,(H,14,15,16). The Morgan fingerprint density at radius 1 is 1.12 bits per heavy atom. The summed E-state index contributed by atoms with van der Waals surface area (Å²) in [6, 6.07) is 0. The Hall–Kier alpha value is -0.830. The van der Waals surface area contributed by atoms with Crippen molar-refractivity contribution in [3.63, 3.8) is 0 Å². The van der Waals surface area contributed by atoms with Crippen LogP contribution in [0.3, 0.4) is 0 Å². The van der Waals surface area contributed by atoms with Gasteiger partial charge in [-0.3, -0.25) is 0 Å². The van der Waals surface area contributed by atoms with Crippen LogP contribution in [-0.2, 0) is 0 Å². The number of unbranched alkanes of at least 4 members (excludes halogenated alkanes) is 3. The molecule has 0 saturated carbocycles. The van der Waals surface area contributed by atoms with Crippen LogP contribution in [0.4, 0.5) is 5.95 Å². The first kappa shape index (κ1) is 13.2. The summed E-state index contributed by atoms with van der Waals surface area (Å²) in [5, 5.41) is 3.75. The fourth-order valence-corrected chi connectivity index (χ4v) is 1.64. The molecule has 1 rings (SSSR count). The fraction of sp³-hybridized carbons (Fsp3) is 0.667. The molecule has 0 aliphatic rings. The van der Waals surface area contributed by atoms with Gasteiger partial charge in [0.05, 0.1) is 0 Å². The number of aromatic nitrogens is 2. The van der Waals surface area contributed by atoms with Gasteiger partial charge in [-0.25, -0.2) is 9.97 Å². The van der Waals surface area contributed by atoms with Crippen molar-refractivity contribution in [3.8, 4) is 0 Å². The van der Waals surface area contributed by atoms with Crippen molar-refractivity contribution in [1.82, 2.24) is 9.97 Å². The van der Waals surface area contributed by atoms with Crippen LogP contribution >= 0.6 is 11.6 Å². The van der Waals surface area contributed by atoms with Crippen LogP contribution in [0.25, 0.3) is 0 Å². The van der Waals surface area contributed by atoms with Gasteiger partial charge < -0.3 is 5.32 Å². The molecule has 0 spiro atoms. The quantitative estimate of drug-likeness (QED) is 0.609. The maximum Gasteiger partial charge on any atom is 0.224 e. The van der Waals surface area contributed by atoms with Gasteiger partial charge in [-0.15, -0.1) is 0 Å². The van der Waals surface area contributed by atoms with Gasteiger partial charge in [-0.1, -0.05) is 37.8 Å². The predicted octanol–water partition coefficient (Wildman–Crippen LogP) is 3.74. The highest BCUT2D eigenvalue weighted by molar-refractivity contribution is 6.30. The number of hydrogen-bond donors (Lipinski definition) is 1. The minimum atomic E-state index is 0.545. The molecule has 0 unspecified atom stereocenters. The molecule has 0 amide bonds. The third-order valence-corrected chi connectivity index (χ3v) is 3.01.